The maximum atomic E-state index is 12.9. The Morgan fingerprint density at radius 1 is 1.32 bits per heavy atom. The highest BCUT2D eigenvalue weighted by atomic mass is 32.1. The molecule has 22 heavy (non-hydrogen) atoms. The van der Waals surface area contributed by atoms with Crippen LogP contribution in [0.1, 0.15) is 37.6 Å². The fraction of sp³-hybridized carbons (Fsp3) is 0.400. The molecule has 0 saturated heterocycles. The topological polar surface area (TPSA) is 64.1 Å². The van der Waals surface area contributed by atoms with E-state index in [1.165, 1.54) is 35.6 Å². The largest absolute Gasteiger partial charge is 0.478 e. The molecule has 5 nitrogen and oxygen atoms in total. The number of hydrogen-bond acceptors (Lipinski definition) is 5. The van der Waals surface area contributed by atoms with Gasteiger partial charge in [0.15, 0.2) is 5.60 Å². The molecule has 0 atom stereocenters. The van der Waals surface area contributed by atoms with Crippen LogP contribution >= 0.6 is 11.3 Å². The van der Waals surface area contributed by atoms with Crippen LogP contribution in [0.4, 0.5) is 9.52 Å². The van der Waals surface area contributed by atoms with Crippen molar-refractivity contribution in [3.8, 4) is 5.75 Å². The highest BCUT2D eigenvalue weighted by Crippen LogP contribution is 2.42. The van der Waals surface area contributed by atoms with Crippen molar-refractivity contribution in [2.45, 2.75) is 38.2 Å². The lowest BCUT2D eigenvalue weighted by Crippen LogP contribution is -2.42. The van der Waals surface area contributed by atoms with Crippen molar-refractivity contribution in [1.82, 2.24) is 10.2 Å². The number of nitrogens with one attached hydrogen (secondary N) is 1. The highest BCUT2D eigenvalue weighted by Gasteiger charge is 2.32. The smallest absolute Gasteiger partial charge is 0.269 e. The van der Waals surface area contributed by atoms with Gasteiger partial charge in [-0.25, -0.2) is 4.39 Å². The first kappa shape index (κ1) is 14.9. The Hall–Kier alpha value is -2.02. The Morgan fingerprint density at radius 2 is 2.00 bits per heavy atom. The number of anilines is 1. The molecule has 0 unspecified atom stereocenters. The third kappa shape index (κ3) is 3.41. The van der Waals surface area contributed by atoms with E-state index in [0.717, 1.165) is 17.8 Å². The molecule has 3 rings (SSSR count). The molecular weight excluding hydrogens is 305 g/mol. The summed E-state index contributed by atoms with van der Waals surface area (Å²) in [4.78, 5) is 12.3. The standard InChI is InChI=1S/C15H16FN3O2S/c1-15(2,21-11-7-5-10(16)6-8-11)13(20)17-14-19-18-12(22-14)9-3-4-9/h5-9H,3-4H2,1-2H3,(H,17,19,20). The molecule has 0 radical (unpaired) electrons. The first-order chi connectivity index (χ1) is 10.4. The van der Waals surface area contributed by atoms with Crippen LogP contribution in [0.3, 0.4) is 0 Å². The van der Waals surface area contributed by atoms with Crippen molar-refractivity contribution in [3.63, 3.8) is 0 Å². The van der Waals surface area contributed by atoms with E-state index in [2.05, 4.69) is 15.5 Å². The summed E-state index contributed by atoms with van der Waals surface area (Å²) in [6.07, 6.45) is 2.28. The maximum absolute atomic E-state index is 12.9. The van der Waals surface area contributed by atoms with Gasteiger partial charge in [0.05, 0.1) is 0 Å². The van der Waals surface area contributed by atoms with Gasteiger partial charge in [0.1, 0.15) is 16.6 Å². The predicted molar refractivity (Wildman–Crippen MR) is 81.6 cm³/mol. The first-order valence-corrected chi connectivity index (χ1v) is 7.85. The maximum Gasteiger partial charge on any atom is 0.269 e. The van der Waals surface area contributed by atoms with Gasteiger partial charge in [0, 0.05) is 5.92 Å². The van der Waals surface area contributed by atoms with Crippen molar-refractivity contribution in [2.24, 2.45) is 0 Å². The number of aromatic nitrogens is 2. The third-order valence-corrected chi connectivity index (χ3v) is 4.32. The van der Waals surface area contributed by atoms with Crippen molar-refractivity contribution in [2.75, 3.05) is 5.32 Å². The van der Waals surface area contributed by atoms with Gasteiger partial charge in [-0.3, -0.25) is 10.1 Å². The molecule has 1 saturated carbocycles. The minimum Gasteiger partial charge on any atom is -0.478 e. The van der Waals surface area contributed by atoms with Gasteiger partial charge in [-0.2, -0.15) is 0 Å². The van der Waals surface area contributed by atoms with Gasteiger partial charge in [-0.15, -0.1) is 10.2 Å². The van der Waals surface area contributed by atoms with E-state index in [9.17, 15) is 9.18 Å². The molecule has 1 N–H and O–H groups in total. The lowest BCUT2D eigenvalue weighted by atomic mass is 10.1. The molecule has 0 spiro atoms. The summed E-state index contributed by atoms with van der Waals surface area (Å²) in [6.45, 7) is 3.29. The Kier molecular flexibility index (Phi) is 3.82. The second-order valence-corrected chi connectivity index (χ2v) is 6.75. The molecule has 2 aromatic rings. The van der Waals surface area contributed by atoms with E-state index in [0.29, 0.717) is 16.8 Å². The summed E-state index contributed by atoms with van der Waals surface area (Å²) in [5.74, 6) is 0.260. The molecule has 1 aliphatic rings. The van der Waals surface area contributed by atoms with E-state index >= 15 is 0 Å². The Bertz CT molecular complexity index is 680. The van der Waals surface area contributed by atoms with Crippen LogP contribution in [-0.2, 0) is 4.79 Å². The van der Waals surface area contributed by atoms with E-state index in [1.807, 2.05) is 0 Å². The van der Waals surface area contributed by atoms with Crippen molar-refractivity contribution in [1.29, 1.82) is 0 Å². The van der Waals surface area contributed by atoms with Gasteiger partial charge in [0.2, 0.25) is 5.13 Å². The third-order valence-electron chi connectivity index (χ3n) is 3.32. The summed E-state index contributed by atoms with van der Waals surface area (Å²) in [5, 5.41) is 12.2. The van der Waals surface area contributed by atoms with E-state index < -0.39 is 5.60 Å². The normalized spacial score (nSPS) is 14.7. The summed E-state index contributed by atoms with van der Waals surface area (Å²) in [7, 11) is 0. The SMILES string of the molecule is CC(C)(Oc1ccc(F)cc1)C(=O)Nc1nnc(C2CC2)s1. The Labute approximate surface area is 131 Å². The molecule has 116 valence electrons. The van der Waals surface area contributed by atoms with Gasteiger partial charge in [-0.05, 0) is 51.0 Å². The van der Waals surface area contributed by atoms with Gasteiger partial charge < -0.3 is 4.74 Å². The van der Waals surface area contributed by atoms with Gasteiger partial charge in [0.25, 0.3) is 5.91 Å². The summed E-state index contributed by atoms with van der Waals surface area (Å²) >= 11 is 1.40. The zero-order valence-corrected chi connectivity index (χ0v) is 13.1. The van der Waals surface area contributed by atoms with E-state index in [-0.39, 0.29) is 11.7 Å². The number of amides is 1. The minimum absolute atomic E-state index is 0.324. The molecule has 0 aliphatic heterocycles. The molecule has 1 amide bonds. The van der Waals surface area contributed by atoms with E-state index in [4.69, 9.17) is 4.74 Å². The van der Waals surface area contributed by atoms with E-state index in [1.54, 1.807) is 13.8 Å². The number of nitrogens with zero attached hydrogens (tertiary/aromatic N) is 2. The molecule has 7 heteroatoms. The number of ether oxygens (including phenoxy) is 1. The quantitative estimate of drug-likeness (QED) is 0.917. The number of carbonyl (C=O) groups is 1. The van der Waals surface area contributed by atoms with Crippen LogP contribution in [0.15, 0.2) is 24.3 Å². The molecule has 1 aromatic carbocycles. The van der Waals surface area contributed by atoms with Gasteiger partial charge >= 0.3 is 0 Å². The van der Waals surface area contributed by atoms with Crippen molar-refractivity contribution < 1.29 is 13.9 Å². The zero-order chi connectivity index (χ0) is 15.7. The molecule has 1 aromatic heterocycles. The van der Waals surface area contributed by atoms with Crippen LogP contribution in [0.2, 0.25) is 0 Å². The molecule has 0 bridgehead atoms. The number of carbonyl (C=O) groups excluding carboxylic acids is 1. The molecule has 1 aliphatic carbocycles. The average Bonchev–Trinajstić information content (AvgIpc) is 3.22. The zero-order valence-electron chi connectivity index (χ0n) is 12.3. The average molecular weight is 321 g/mol. The lowest BCUT2D eigenvalue weighted by Gasteiger charge is -2.24. The first-order valence-electron chi connectivity index (χ1n) is 7.03. The Balaban J connectivity index is 1.64. The van der Waals surface area contributed by atoms with Crippen molar-refractivity contribution in [3.05, 3.63) is 35.1 Å². The lowest BCUT2D eigenvalue weighted by molar-refractivity contribution is -0.128. The monoisotopic (exact) mass is 321 g/mol. The number of hydrogen-bond donors (Lipinski definition) is 1. The number of benzene rings is 1. The van der Waals surface area contributed by atoms with Crippen LogP contribution in [0.5, 0.6) is 5.75 Å². The second-order valence-electron chi connectivity index (χ2n) is 5.74. The van der Waals surface area contributed by atoms with Crippen LogP contribution in [0.25, 0.3) is 0 Å². The number of halogens is 1. The molecular formula is C15H16FN3O2S. The number of rotatable bonds is 5. The van der Waals surface area contributed by atoms with Crippen LogP contribution in [-0.4, -0.2) is 21.7 Å². The summed E-state index contributed by atoms with van der Waals surface area (Å²) < 4.78 is 18.5. The van der Waals surface area contributed by atoms with Crippen LogP contribution in [0, 0.1) is 5.82 Å². The van der Waals surface area contributed by atoms with Crippen molar-refractivity contribution >= 4 is 22.4 Å². The fourth-order valence-electron chi connectivity index (χ4n) is 1.87. The highest BCUT2D eigenvalue weighted by molar-refractivity contribution is 7.15. The van der Waals surface area contributed by atoms with Gasteiger partial charge in [-0.1, -0.05) is 11.3 Å². The second kappa shape index (κ2) is 5.64. The Morgan fingerprint density at radius 3 is 2.64 bits per heavy atom. The minimum atomic E-state index is -1.11. The summed E-state index contributed by atoms with van der Waals surface area (Å²) in [5.41, 5.74) is -1.11. The predicted octanol–water partition coefficient (Wildman–Crippen LogP) is 3.35. The molecule has 1 heterocycles. The van der Waals surface area contributed by atoms with Crippen LogP contribution < -0.4 is 10.1 Å². The summed E-state index contributed by atoms with van der Waals surface area (Å²) in [6, 6.07) is 5.55. The molecule has 1 fully saturated rings. The fourth-order valence-corrected chi connectivity index (χ4v) is 2.78.